The van der Waals surface area contributed by atoms with E-state index in [1.54, 1.807) is 31.2 Å². The van der Waals surface area contributed by atoms with Gasteiger partial charge in [-0.05, 0) is 87.1 Å². The van der Waals surface area contributed by atoms with Crippen LogP contribution in [0.4, 0.5) is 10.2 Å². The molecule has 3 unspecified atom stereocenters. The number of nitrogens with zero attached hydrogens (tertiary/aromatic N) is 7. The molecule has 0 bridgehead atoms. The molecule has 2 saturated carbocycles. The maximum Gasteiger partial charge on any atom is 0.272 e. The van der Waals surface area contributed by atoms with Gasteiger partial charge < -0.3 is 15.0 Å². The van der Waals surface area contributed by atoms with E-state index in [0.717, 1.165) is 69.1 Å². The van der Waals surface area contributed by atoms with Crippen molar-refractivity contribution in [3.63, 3.8) is 0 Å². The first-order valence-corrected chi connectivity index (χ1v) is 20.8. The van der Waals surface area contributed by atoms with E-state index in [2.05, 4.69) is 35.5 Å². The molecule has 59 heavy (non-hydrogen) atoms. The number of carbonyl (C=O) groups excluding carboxylic acids is 5. The van der Waals surface area contributed by atoms with Crippen LogP contribution in [0, 0.1) is 29.1 Å². The molecule has 2 aromatic rings. The van der Waals surface area contributed by atoms with Crippen LogP contribution < -0.4 is 20.3 Å². The van der Waals surface area contributed by atoms with Crippen LogP contribution in [0.1, 0.15) is 67.9 Å². The Hall–Kier alpha value is -5.24. The molecule has 5 amide bonds. The van der Waals surface area contributed by atoms with Crippen molar-refractivity contribution in [1.82, 2.24) is 35.5 Å². The van der Waals surface area contributed by atoms with E-state index in [9.17, 15) is 24.0 Å². The lowest BCUT2D eigenvalue weighted by Gasteiger charge is -2.41. The summed E-state index contributed by atoms with van der Waals surface area (Å²) in [6.07, 6.45) is 4.42. The number of piperidine rings is 2. The van der Waals surface area contributed by atoms with Crippen LogP contribution in [-0.4, -0.2) is 124 Å². The van der Waals surface area contributed by atoms with E-state index in [-0.39, 0.29) is 54.2 Å². The molecule has 3 aliphatic carbocycles. The van der Waals surface area contributed by atoms with Gasteiger partial charge in [0.05, 0.1) is 27.8 Å². The van der Waals surface area contributed by atoms with Gasteiger partial charge in [0, 0.05) is 76.3 Å². The number of hydrogen-bond acceptors (Lipinski definition) is 12. The Balaban J connectivity index is 0.706. The fourth-order valence-corrected chi connectivity index (χ4v) is 10.2. The molecular weight excluding hydrogens is 781 g/mol. The van der Waals surface area contributed by atoms with Crippen LogP contribution in [-0.2, 0) is 19.2 Å². The standard InChI is InChI=1S/C42H45ClFN9O6/c1-42(18-28-27(17-35(42)44)40(57)53(41(28)58)34-9-11-37(54)47-39(34)56)52-21-30-29(31(30)22-52)20-50-12-14-51(15-13-50)36-10-8-33(48-49-36)38(55)46-24-3-6-25(7-4-24)59-26-5-2-23(19-45)32(43)16-26/h2,5,8,10,16-17,24-25,29-31,34H,3-4,6-7,9,11-15,18,20-22H2,1H3,(H,46,55)(H,47,54,56)/t24?,25?,29?,30-,31+,34?,42?. The van der Waals surface area contributed by atoms with E-state index in [1.807, 2.05) is 12.1 Å². The maximum atomic E-state index is 15.9. The lowest BCUT2D eigenvalue weighted by atomic mass is 9.82. The van der Waals surface area contributed by atoms with Crippen molar-refractivity contribution in [1.29, 1.82) is 5.26 Å². The van der Waals surface area contributed by atoms with E-state index in [0.29, 0.717) is 47.2 Å². The number of amides is 5. The van der Waals surface area contributed by atoms with Gasteiger partial charge in [0.2, 0.25) is 11.8 Å². The summed E-state index contributed by atoms with van der Waals surface area (Å²) in [7, 11) is 0. The smallest absolute Gasteiger partial charge is 0.272 e. The molecule has 4 aliphatic heterocycles. The molecule has 9 rings (SSSR count). The Bertz CT molecular complexity index is 2200. The number of nitriles is 1. The molecule has 2 N–H and O–H groups in total. The third-order valence-electron chi connectivity index (χ3n) is 13.6. The van der Waals surface area contributed by atoms with Gasteiger partial charge >= 0.3 is 0 Å². The van der Waals surface area contributed by atoms with Crippen LogP contribution in [0.15, 0.2) is 53.4 Å². The highest BCUT2D eigenvalue weighted by molar-refractivity contribution is 6.31. The average molecular weight is 826 g/mol. The molecule has 7 aliphatic rings. The molecule has 0 radical (unpaired) electrons. The maximum absolute atomic E-state index is 15.9. The Kier molecular flexibility index (Phi) is 10.3. The number of likely N-dealkylation sites (tertiary alicyclic amines) is 1. The second kappa shape index (κ2) is 15.4. The number of fused-ring (bicyclic) bond motifs is 1. The van der Waals surface area contributed by atoms with Gasteiger partial charge in [-0.3, -0.25) is 44.0 Å². The fourth-order valence-electron chi connectivity index (χ4n) is 9.95. The number of hydrogen-bond donors (Lipinski definition) is 2. The predicted octanol–water partition coefficient (Wildman–Crippen LogP) is 2.91. The Morgan fingerprint density at radius 2 is 1.76 bits per heavy atom. The number of carbonyl (C=O) groups is 5. The number of benzene rings is 1. The zero-order valence-corrected chi connectivity index (χ0v) is 33.4. The highest BCUT2D eigenvalue weighted by Crippen LogP contribution is 2.56. The summed E-state index contributed by atoms with van der Waals surface area (Å²) < 4.78 is 22.0. The molecular formula is C42H45ClFN9O6. The van der Waals surface area contributed by atoms with Crippen molar-refractivity contribution >= 4 is 47.0 Å². The Labute approximate surface area is 345 Å². The molecule has 1 aromatic heterocycles. The second-order valence-corrected chi connectivity index (χ2v) is 17.5. The Morgan fingerprint density at radius 1 is 1.02 bits per heavy atom. The van der Waals surface area contributed by atoms with Crippen molar-refractivity contribution < 1.29 is 33.1 Å². The topological polar surface area (TPSA) is 181 Å². The highest BCUT2D eigenvalue weighted by Gasteiger charge is 2.60. The van der Waals surface area contributed by atoms with Crippen LogP contribution >= 0.6 is 11.6 Å². The summed E-state index contributed by atoms with van der Waals surface area (Å²) in [4.78, 5) is 71.6. The minimum atomic E-state index is -1.08. The van der Waals surface area contributed by atoms with Crippen molar-refractivity contribution in [2.75, 3.05) is 50.7 Å². The summed E-state index contributed by atoms with van der Waals surface area (Å²) >= 11 is 6.14. The number of imide groups is 2. The van der Waals surface area contributed by atoms with Gasteiger partial charge in [-0.1, -0.05) is 11.6 Å². The minimum absolute atomic E-state index is 0.00631. The zero-order chi connectivity index (χ0) is 41.2. The lowest BCUT2D eigenvalue weighted by molar-refractivity contribution is -0.150. The van der Waals surface area contributed by atoms with Crippen LogP contribution in [0.25, 0.3) is 0 Å². The van der Waals surface area contributed by atoms with Crippen molar-refractivity contribution in [3.05, 3.63) is 69.7 Å². The molecule has 5 heterocycles. The van der Waals surface area contributed by atoms with Gasteiger partial charge in [0.15, 0.2) is 11.5 Å². The Morgan fingerprint density at radius 3 is 2.42 bits per heavy atom. The average Bonchev–Trinajstić information content (AvgIpc) is 3.52. The lowest BCUT2D eigenvalue weighted by Crippen LogP contribution is -2.54. The fraction of sp³-hybridized carbons (Fsp3) is 0.524. The highest BCUT2D eigenvalue weighted by atomic mass is 35.5. The number of anilines is 1. The molecule has 5 fully saturated rings. The number of halogens is 2. The monoisotopic (exact) mass is 825 g/mol. The summed E-state index contributed by atoms with van der Waals surface area (Å²) in [5, 5.41) is 23.4. The number of ether oxygens (including phenoxy) is 1. The zero-order valence-electron chi connectivity index (χ0n) is 32.7. The van der Waals surface area contributed by atoms with Crippen LogP contribution in [0.5, 0.6) is 5.75 Å². The minimum Gasteiger partial charge on any atom is -0.490 e. The van der Waals surface area contributed by atoms with E-state index in [1.165, 1.54) is 6.08 Å². The van der Waals surface area contributed by atoms with E-state index in [4.69, 9.17) is 21.6 Å². The molecule has 5 atom stereocenters. The van der Waals surface area contributed by atoms with Crippen molar-refractivity contribution in [3.8, 4) is 11.8 Å². The van der Waals surface area contributed by atoms with Crippen molar-refractivity contribution in [2.24, 2.45) is 17.8 Å². The number of nitrogens with one attached hydrogen (secondary N) is 2. The number of aromatic nitrogens is 2. The van der Waals surface area contributed by atoms with Gasteiger partial charge in [0.25, 0.3) is 17.7 Å². The SMILES string of the molecule is CC1(N2C[C@@H]3C(CN4CCN(c5ccc(C(=O)NC6CCC(Oc7ccc(C#N)c(Cl)c7)CC6)nn5)CC4)[C@@H]3C2)CC2=C(C=C1F)C(=O)N(C1CCC(=O)NC1=O)C2=O. The normalized spacial score (nSPS) is 31.1. The first-order valence-electron chi connectivity index (χ1n) is 20.5. The first kappa shape index (κ1) is 39.2. The summed E-state index contributed by atoms with van der Waals surface area (Å²) in [5.74, 6) is -0.359. The third kappa shape index (κ3) is 7.38. The molecule has 15 nitrogen and oxygen atoms in total. The first-order chi connectivity index (χ1) is 28.4. The second-order valence-electron chi connectivity index (χ2n) is 17.1. The van der Waals surface area contributed by atoms with E-state index < -0.39 is 41.0 Å². The van der Waals surface area contributed by atoms with Gasteiger partial charge in [-0.15, -0.1) is 10.2 Å². The predicted molar refractivity (Wildman–Crippen MR) is 210 cm³/mol. The largest absolute Gasteiger partial charge is 0.490 e. The van der Waals surface area contributed by atoms with Gasteiger partial charge in [0.1, 0.15) is 23.7 Å². The molecule has 3 saturated heterocycles. The number of piperazine rings is 1. The molecule has 308 valence electrons. The van der Waals surface area contributed by atoms with Crippen molar-refractivity contribution in [2.45, 2.75) is 75.6 Å². The van der Waals surface area contributed by atoms with Crippen LogP contribution in [0.2, 0.25) is 5.02 Å². The molecule has 0 spiro atoms. The van der Waals surface area contributed by atoms with Gasteiger partial charge in [-0.2, -0.15) is 5.26 Å². The van der Waals surface area contributed by atoms with E-state index >= 15 is 4.39 Å². The summed E-state index contributed by atoms with van der Waals surface area (Å²) in [6.45, 7) is 7.43. The quantitative estimate of drug-likeness (QED) is 0.354. The van der Waals surface area contributed by atoms with Gasteiger partial charge in [-0.25, -0.2) is 4.39 Å². The number of rotatable bonds is 9. The summed E-state index contributed by atoms with van der Waals surface area (Å²) in [5.41, 5.74) is -0.135. The molecule has 1 aromatic carbocycles. The van der Waals surface area contributed by atoms with Crippen LogP contribution in [0.3, 0.4) is 0 Å². The third-order valence-corrected chi connectivity index (χ3v) is 13.9. The summed E-state index contributed by atoms with van der Waals surface area (Å²) in [6, 6.07) is 9.62. The molecule has 17 heteroatoms.